The van der Waals surface area contributed by atoms with Crippen LogP contribution in [-0.2, 0) is 4.74 Å². The number of para-hydroxylation sites is 1. The predicted octanol–water partition coefficient (Wildman–Crippen LogP) is 2.66. The minimum absolute atomic E-state index is 0.00614. The smallest absolute Gasteiger partial charge is 0.317 e. The van der Waals surface area contributed by atoms with E-state index in [-0.39, 0.29) is 18.2 Å². The van der Waals surface area contributed by atoms with Crippen LogP contribution in [-0.4, -0.2) is 49.4 Å². The molecule has 0 aliphatic carbocycles. The molecule has 0 bridgehead atoms. The van der Waals surface area contributed by atoms with E-state index in [1.807, 2.05) is 49.1 Å². The minimum Gasteiger partial charge on any atom is -0.494 e. The van der Waals surface area contributed by atoms with E-state index in [1.165, 1.54) is 0 Å². The van der Waals surface area contributed by atoms with Gasteiger partial charge in [-0.05, 0) is 38.8 Å². The number of benzene rings is 1. The van der Waals surface area contributed by atoms with Gasteiger partial charge in [0.05, 0.1) is 25.4 Å². The minimum atomic E-state index is 0.00614. The van der Waals surface area contributed by atoms with E-state index in [2.05, 4.69) is 5.32 Å². The summed E-state index contributed by atoms with van der Waals surface area (Å²) in [6.07, 6.45) is 1.93. The zero-order valence-corrected chi connectivity index (χ0v) is 13.5. The highest BCUT2D eigenvalue weighted by Crippen LogP contribution is 2.13. The van der Waals surface area contributed by atoms with Crippen LogP contribution in [0.1, 0.15) is 26.7 Å². The van der Waals surface area contributed by atoms with Gasteiger partial charge < -0.3 is 19.7 Å². The molecule has 0 saturated carbocycles. The number of carbonyl (C=O) groups excluding carboxylic acids is 1. The van der Waals surface area contributed by atoms with Crippen molar-refractivity contribution >= 4 is 6.03 Å². The zero-order valence-electron chi connectivity index (χ0n) is 13.5. The molecule has 1 aromatic carbocycles. The molecule has 5 nitrogen and oxygen atoms in total. The Labute approximate surface area is 132 Å². The summed E-state index contributed by atoms with van der Waals surface area (Å²) in [6.45, 7) is 6.65. The Morgan fingerprint density at radius 3 is 2.86 bits per heavy atom. The topological polar surface area (TPSA) is 50.8 Å². The molecule has 0 radical (unpaired) electrons. The highest BCUT2D eigenvalue weighted by molar-refractivity contribution is 5.74. The molecule has 122 valence electrons. The van der Waals surface area contributed by atoms with Gasteiger partial charge in [-0.15, -0.1) is 0 Å². The lowest BCUT2D eigenvalue weighted by Crippen LogP contribution is -2.54. The summed E-state index contributed by atoms with van der Waals surface area (Å²) in [7, 11) is 0. The SMILES string of the molecule is C[C@@H]1[C@@H](C)OCCN1C(=O)NCCCCOc1ccccc1. The monoisotopic (exact) mass is 306 g/mol. The van der Waals surface area contributed by atoms with E-state index < -0.39 is 0 Å². The number of ether oxygens (including phenoxy) is 2. The Balaban J connectivity index is 1.57. The molecule has 2 atom stereocenters. The van der Waals surface area contributed by atoms with E-state index >= 15 is 0 Å². The van der Waals surface area contributed by atoms with Gasteiger partial charge in [0.15, 0.2) is 0 Å². The number of carbonyl (C=O) groups is 1. The third kappa shape index (κ3) is 4.91. The highest BCUT2D eigenvalue weighted by Gasteiger charge is 2.28. The van der Waals surface area contributed by atoms with Gasteiger partial charge in [-0.1, -0.05) is 18.2 Å². The molecule has 1 aromatic rings. The van der Waals surface area contributed by atoms with Crippen LogP contribution in [0.2, 0.25) is 0 Å². The summed E-state index contributed by atoms with van der Waals surface area (Å²) >= 11 is 0. The van der Waals surface area contributed by atoms with Crippen molar-refractivity contribution in [3.05, 3.63) is 30.3 Å². The van der Waals surface area contributed by atoms with Crippen molar-refractivity contribution in [1.82, 2.24) is 10.2 Å². The molecule has 0 aromatic heterocycles. The number of nitrogens with zero attached hydrogens (tertiary/aromatic N) is 1. The fourth-order valence-corrected chi connectivity index (χ4v) is 2.45. The second-order valence-corrected chi connectivity index (χ2v) is 5.61. The lowest BCUT2D eigenvalue weighted by molar-refractivity contribution is -0.0376. The molecule has 2 rings (SSSR count). The van der Waals surface area contributed by atoms with E-state index in [9.17, 15) is 4.79 Å². The molecule has 22 heavy (non-hydrogen) atoms. The molecular formula is C17H26N2O3. The van der Waals surface area contributed by atoms with Crippen LogP contribution in [0.4, 0.5) is 4.79 Å². The summed E-state index contributed by atoms with van der Waals surface area (Å²) in [5, 5.41) is 2.98. The van der Waals surface area contributed by atoms with E-state index in [1.54, 1.807) is 0 Å². The number of urea groups is 1. The van der Waals surface area contributed by atoms with Crippen molar-refractivity contribution in [3.63, 3.8) is 0 Å². The van der Waals surface area contributed by atoms with Crippen molar-refractivity contribution in [2.75, 3.05) is 26.3 Å². The van der Waals surface area contributed by atoms with Crippen molar-refractivity contribution in [2.24, 2.45) is 0 Å². The Hall–Kier alpha value is -1.75. The van der Waals surface area contributed by atoms with Gasteiger partial charge in [0, 0.05) is 13.1 Å². The second-order valence-electron chi connectivity index (χ2n) is 5.61. The molecule has 0 spiro atoms. The first-order chi connectivity index (χ1) is 10.7. The molecule has 5 heteroatoms. The maximum Gasteiger partial charge on any atom is 0.317 e. The van der Waals surface area contributed by atoms with Crippen LogP contribution < -0.4 is 10.1 Å². The third-order valence-electron chi connectivity index (χ3n) is 4.00. The highest BCUT2D eigenvalue weighted by atomic mass is 16.5. The first-order valence-electron chi connectivity index (χ1n) is 8.02. The normalized spacial score (nSPS) is 21.5. The van der Waals surface area contributed by atoms with Gasteiger partial charge in [-0.3, -0.25) is 0 Å². The number of morpholine rings is 1. The number of rotatable bonds is 6. The van der Waals surface area contributed by atoms with Crippen LogP contribution in [0.15, 0.2) is 30.3 Å². The van der Waals surface area contributed by atoms with Gasteiger partial charge >= 0.3 is 6.03 Å². The molecular weight excluding hydrogens is 280 g/mol. The second kappa shape index (κ2) is 8.63. The first kappa shape index (κ1) is 16.6. The van der Waals surface area contributed by atoms with Gasteiger partial charge in [-0.25, -0.2) is 4.79 Å². The number of unbranched alkanes of at least 4 members (excludes halogenated alkanes) is 1. The number of nitrogens with one attached hydrogen (secondary N) is 1. The van der Waals surface area contributed by atoms with Gasteiger partial charge in [0.25, 0.3) is 0 Å². The average Bonchev–Trinajstić information content (AvgIpc) is 2.54. The summed E-state index contributed by atoms with van der Waals surface area (Å²) in [5.74, 6) is 0.891. The quantitative estimate of drug-likeness (QED) is 0.822. The van der Waals surface area contributed by atoms with Crippen LogP contribution in [0.5, 0.6) is 5.75 Å². The van der Waals surface area contributed by atoms with E-state index in [4.69, 9.17) is 9.47 Å². The van der Waals surface area contributed by atoms with Gasteiger partial charge in [0.1, 0.15) is 5.75 Å². The molecule has 1 aliphatic rings. The third-order valence-corrected chi connectivity index (χ3v) is 4.00. The Morgan fingerprint density at radius 2 is 2.09 bits per heavy atom. The van der Waals surface area contributed by atoms with Crippen molar-refractivity contribution < 1.29 is 14.3 Å². The van der Waals surface area contributed by atoms with Crippen molar-refractivity contribution in [3.8, 4) is 5.75 Å². The zero-order chi connectivity index (χ0) is 15.8. The van der Waals surface area contributed by atoms with E-state index in [0.29, 0.717) is 26.3 Å². The number of hydrogen-bond acceptors (Lipinski definition) is 3. The molecule has 1 N–H and O–H groups in total. The maximum absolute atomic E-state index is 12.1. The standard InChI is InChI=1S/C17H26N2O3/c1-14-15(2)21-13-11-19(14)17(20)18-10-6-7-12-22-16-8-4-3-5-9-16/h3-5,8-9,14-15H,6-7,10-13H2,1-2H3,(H,18,20)/t14-,15-/m1/s1. The molecule has 0 unspecified atom stereocenters. The summed E-state index contributed by atoms with van der Waals surface area (Å²) in [4.78, 5) is 14.0. The fourth-order valence-electron chi connectivity index (χ4n) is 2.45. The Kier molecular flexibility index (Phi) is 6.52. The predicted molar refractivity (Wildman–Crippen MR) is 86.2 cm³/mol. The summed E-state index contributed by atoms with van der Waals surface area (Å²) < 4.78 is 11.2. The molecule has 1 aliphatic heterocycles. The molecule has 1 fully saturated rings. The van der Waals surface area contributed by atoms with Crippen LogP contribution in [0, 0.1) is 0 Å². The van der Waals surface area contributed by atoms with Crippen LogP contribution in [0.3, 0.4) is 0 Å². The molecule has 1 saturated heterocycles. The molecule has 2 amide bonds. The Morgan fingerprint density at radius 1 is 1.32 bits per heavy atom. The first-order valence-corrected chi connectivity index (χ1v) is 8.02. The summed E-state index contributed by atoms with van der Waals surface area (Å²) in [5.41, 5.74) is 0. The summed E-state index contributed by atoms with van der Waals surface area (Å²) in [6, 6.07) is 9.91. The van der Waals surface area contributed by atoms with E-state index in [0.717, 1.165) is 18.6 Å². The average molecular weight is 306 g/mol. The number of hydrogen-bond donors (Lipinski definition) is 1. The van der Waals surface area contributed by atoms with Crippen LogP contribution in [0.25, 0.3) is 0 Å². The Bertz CT molecular complexity index is 452. The maximum atomic E-state index is 12.1. The largest absolute Gasteiger partial charge is 0.494 e. The lowest BCUT2D eigenvalue weighted by Gasteiger charge is -2.37. The fraction of sp³-hybridized carbons (Fsp3) is 0.588. The lowest BCUT2D eigenvalue weighted by atomic mass is 10.1. The van der Waals surface area contributed by atoms with Crippen LogP contribution >= 0.6 is 0 Å². The van der Waals surface area contributed by atoms with Crippen molar-refractivity contribution in [1.29, 1.82) is 0 Å². The van der Waals surface area contributed by atoms with Crippen molar-refractivity contribution in [2.45, 2.75) is 38.8 Å². The van der Waals surface area contributed by atoms with Gasteiger partial charge in [-0.2, -0.15) is 0 Å². The molecule has 1 heterocycles. The number of amides is 2. The van der Waals surface area contributed by atoms with Gasteiger partial charge in [0.2, 0.25) is 0 Å².